The van der Waals surface area contributed by atoms with Crippen molar-refractivity contribution in [1.29, 1.82) is 10.5 Å². The van der Waals surface area contributed by atoms with E-state index in [1.165, 1.54) is 22.0 Å². The average molecular weight is 510 g/mol. The van der Waals surface area contributed by atoms with Crippen molar-refractivity contribution in [2.24, 2.45) is 0 Å². The zero-order valence-corrected chi connectivity index (χ0v) is 20.6. The molecule has 0 amide bonds. The Bertz CT molecular complexity index is 1460. The van der Waals surface area contributed by atoms with Gasteiger partial charge in [0.15, 0.2) is 11.4 Å². The second kappa shape index (κ2) is 11.0. The maximum absolute atomic E-state index is 9.37. The second-order valence-corrected chi connectivity index (χ2v) is 9.31. The van der Waals surface area contributed by atoms with E-state index >= 15 is 0 Å². The number of aromatic nitrogens is 4. The van der Waals surface area contributed by atoms with Gasteiger partial charge in [0.05, 0.1) is 19.8 Å². The van der Waals surface area contributed by atoms with Gasteiger partial charge in [-0.05, 0) is 48.0 Å². The Balaban J connectivity index is 1.22. The SMILES string of the molecule is N#Cc1nc(N)n(Cc2ccc(Sc3ccnc(Nc4ccc(N5CCOCC5)cc4)n3)cc2)c1C#N. The number of nitrogens with two attached hydrogens (primary N) is 1. The van der Waals surface area contributed by atoms with E-state index < -0.39 is 0 Å². The molecule has 1 saturated heterocycles. The zero-order valence-electron chi connectivity index (χ0n) is 19.8. The molecule has 2 aromatic heterocycles. The van der Waals surface area contributed by atoms with E-state index in [0.29, 0.717) is 12.5 Å². The fraction of sp³-hybridized carbons (Fsp3) is 0.192. The number of benzene rings is 2. The van der Waals surface area contributed by atoms with E-state index in [4.69, 9.17) is 15.7 Å². The Kier molecular flexibility index (Phi) is 7.17. The molecule has 184 valence electrons. The molecule has 0 radical (unpaired) electrons. The lowest BCUT2D eigenvalue weighted by Crippen LogP contribution is -2.36. The molecule has 0 spiro atoms. The summed E-state index contributed by atoms with van der Waals surface area (Å²) in [6.07, 6.45) is 1.73. The largest absolute Gasteiger partial charge is 0.378 e. The lowest BCUT2D eigenvalue weighted by atomic mass is 10.2. The van der Waals surface area contributed by atoms with Crippen molar-refractivity contribution in [2.75, 3.05) is 42.3 Å². The molecule has 37 heavy (non-hydrogen) atoms. The van der Waals surface area contributed by atoms with Crippen LogP contribution in [0, 0.1) is 22.7 Å². The van der Waals surface area contributed by atoms with Crippen molar-refractivity contribution in [2.45, 2.75) is 16.5 Å². The minimum Gasteiger partial charge on any atom is -0.378 e. The minimum absolute atomic E-state index is 0.0356. The number of nitrogens with zero attached hydrogens (tertiary/aromatic N) is 7. The van der Waals surface area contributed by atoms with Crippen molar-refractivity contribution in [3.05, 3.63) is 77.7 Å². The van der Waals surface area contributed by atoms with Crippen LogP contribution >= 0.6 is 11.8 Å². The summed E-state index contributed by atoms with van der Waals surface area (Å²) in [6.45, 7) is 3.66. The highest BCUT2D eigenvalue weighted by Gasteiger charge is 2.15. The normalized spacial score (nSPS) is 13.1. The van der Waals surface area contributed by atoms with Crippen LogP contribution in [0.4, 0.5) is 23.3 Å². The minimum atomic E-state index is 0.0356. The van der Waals surface area contributed by atoms with Gasteiger partial charge < -0.3 is 20.7 Å². The van der Waals surface area contributed by atoms with Gasteiger partial charge in [-0.3, -0.25) is 4.57 Å². The van der Waals surface area contributed by atoms with Crippen molar-refractivity contribution in [1.82, 2.24) is 19.5 Å². The highest BCUT2D eigenvalue weighted by atomic mass is 32.2. The van der Waals surface area contributed by atoms with Gasteiger partial charge >= 0.3 is 0 Å². The van der Waals surface area contributed by atoms with Gasteiger partial charge in [0.25, 0.3) is 0 Å². The van der Waals surface area contributed by atoms with Crippen molar-refractivity contribution in [3.8, 4) is 12.1 Å². The van der Waals surface area contributed by atoms with E-state index in [2.05, 4.69) is 37.3 Å². The van der Waals surface area contributed by atoms with Gasteiger partial charge in [-0.25, -0.2) is 15.0 Å². The fourth-order valence-corrected chi connectivity index (χ4v) is 4.73. The first-order valence-corrected chi connectivity index (χ1v) is 12.4. The van der Waals surface area contributed by atoms with E-state index in [9.17, 15) is 5.26 Å². The molecule has 0 bridgehead atoms. The molecule has 2 aromatic carbocycles. The number of hydrogen-bond acceptors (Lipinski definition) is 10. The summed E-state index contributed by atoms with van der Waals surface area (Å²) in [5.41, 5.74) is 9.12. The monoisotopic (exact) mass is 509 g/mol. The molecule has 0 aliphatic carbocycles. The maximum atomic E-state index is 9.37. The van der Waals surface area contributed by atoms with Crippen LogP contribution in [0.15, 0.2) is 70.7 Å². The predicted octanol–water partition coefficient (Wildman–Crippen LogP) is 3.78. The lowest BCUT2D eigenvalue weighted by molar-refractivity contribution is 0.122. The molecular formula is C26H23N9OS. The Morgan fingerprint density at radius 2 is 1.73 bits per heavy atom. The first-order valence-electron chi connectivity index (χ1n) is 11.6. The molecule has 0 saturated carbocycles. The van der Waals surface area contributed by atoms with E-state index in [1.54, 1.807) is 6.20 Å². The van der Waals surface area contributed by atoms with Crippen LogP contribution in [0.1, 0.15) is 17.0 Å². The van der Waals surface area contributed by atoms with Gasteiger partial charge in [-0.2, -0.15) is 10.5 Å². The Morgan fingerprint density at radius 1 is 0.973 bits per heavy atom. The molecule has 3 N–H and O–H groups in total. The number of hydrogen-bond donors (Lipinski definition) is 2. The first-order chi connectivity index (χ1) is 18.1. The molecule has 4 aromatic rings. The van der Waals surface area contributed by atoms with Crippen LogP contribution in [0.2, 0.25) is 0 Å². The Labute approximate surface area is 218 Å². The van der Waals surface area contributed by atoms with E-state index in [1.807, 2.05) is 54.6 Å². The Morgan fingerprint density at radius 3 is 2.43 bits per heavy atom. The Hall–Kier alpha value is -4.58. The molecule has 1 fully saturated rings. The molecule has 0 atom stereocenters. The maximum Gasteiger partial charge on any atom is 0.228 e. The quantitative estimate of drug-likeness (QED) is 0.353. The predicted molar refractivity (Wildman–Crippen MR) is 141 cm³/mol. The van der Waals surface area contributed by atoms with Gasteiger partial charge in [0.2, 0.25) is 11.9 Å². The van der Waals surface area contributed by atoms with Gasteiger partial charge in [0, 0.05) is 35.6 Å². The molecular weight excluding hydrogens is 486 g/mol. The topological polar surface area (TPSA) is 142 Å². The standard InChI is InChI=1S/C26H23N9OS/c27-15-22-23(16-28)35(25(29)32-22)17-18-1-7-21(8-2-18)37-24-9-10-30-26(33-24)31-19-3-5-20(6-4-19)34-11-13-36-14-12-34/h1-10H,11-14,17H2,(H2,29,32)(H,30,31,33). The van der Waals surface area contributed by atoms with Crippen LogP contribution in [-0.4, -0.2) is 45.8 Å². The molecule has 1 aliphatic rings. The molecule has 3 heterocycles. The molecule has 11 heteroatoms. The number of nitriles is 2. The fourth-order valence-electron chi connectivity index (χ4n) is 3.95. The number of imidazole rings is 1. The van der Waals surface area contributed by atoms with Crippen LogP contribution in [-0.2, 0) is 11.3 Å². The third-order valence-corrected chi connectivity index (χ3v) is 6.77. The van der Waals surface area contributed by atoms with Crippen molar-refractivity contribution < 1.29 is 4.74 Å². The molecule has 10 nitrogen and oxygen atoms in total. The van der Waals surface area contributed by atoms with Crippen LogP contribution in [0.3, 0.4) is 0 Å². The van der Waals surface area contributed by atoms with E-state index in [-0.39, 0.29) is 17.3 Å². The molecule has 1 aliphatic heterocycles. The van der Waals surface area contributed by atoms with Crippen molar-refractivity contribution >= 4 is 35.0 Å². The highest BCUT2D eigenvalue weighted by molar-refractivity contribution is 7.99. The second-order valence-electron chi connectivity index (χ2n) is 8.21. The van der Waals surface area contributed by atoms with Gasteiger partial charge in [-0.15, -0.1) is 0 Å². The summed E-state index contributed by atoms with van der Waals surface area (Å²) >= 11 is 1.52. The smallest absolute Gasteiger partial charge is 0.228 e. The van der Waals surface area contributed by atoms with Crippen LogP contribution < -0.4 is 16.0 Å². The third-order valence-electron chi connectivity index (χ3n) is 5.83. The summed E-state index contributed by atoms with van der Waals surface area (Å²) < 4.78 is 6.96. The summed E-state index contributed by atoms with van der Waals surface area (Å²) in [5, 5.41) is 22.6. The number of anilines is 4. The number of morpholine rings is 1. The number of nitrogens with one attached hydrogen (secondary N) is 1. The summed E-state index contributed by atoms with van der Waals surface area (Å²) in [5.74, 6) is 0.664. The zero-order chi connectivity index (χ0) is 25.6. The average Bonchev–Trinajstić information content (AvgIpc) is 3.25. The molecule has 0 unspecified atom stereocenters. The first kappa shape index (κ1) is 24.1. The number of rotatable bonds is 7. The summed E-state index contributed by atoms with van der Waals surface area (Å²) in [6, 6.07) is 21.9. The third kappa shape index (κ3) is 5.64. The van der Waals surface area contributed by atoms with Gasteiger partial charge in [-0.1, -0.05) is 23.9 Å². The highest BCUT2D eigenvalue weighted by Crippen LogP contribution is 2.28. The van der Waals surface area contributed by atoms with Crippen molar-refractivity contribution in [3.63, 3.8) is 0 Å². The number of ether oxygens (including phenoxy) is 1. The van der Waals surface area contributed by atoms with Crippen LogP contribution in [0.25, 0.3) is 0 Å². The van der Waals surface area contributed by atoms with E-state index in [0.717, 1.165) is 47.5 Å². The molecule has 5 rings (SSSR count). The van der Waals surface area contributed by atoms with Crippen LogP contribution in [0.5, 0.6) is 0 Å². The summed E-state index contributed by atoms with van der Waals surface area (Å²) in [7, 11) is 0. The summed E-state index contributed by atoms with van der Waals surface area (Å²) in [4.78, 5) is 16.2. The van der Waals surface area contributed by atoms with Gasteiger partial charge in [0.1, 0.15) is 17.2 Å². The lowest BCUT2D eigenvalue weighted by Gasteiger charge is -2.28. The number of nitrogen functional groups attached to an aromatic ring is 1.